The van der Waals surface area contributed by atoms with Crippen LogP contribution in [0.4, 0.5) is 0 Å². The fraction of sp³-hybridized carbons (Fsp3) is 0.0714. The van der Waals surface area contributed by atoms with Gasteiger partial charge in [-0.1, -0.05) is 30.4 Å². The van der Waals surface area contributed by atoms with Crippen molar-refractivity contribution in [3.63, 3.8) is 0 Å². The molecule has 0 aliphatic rings. The van der Waals surface area contributed by atoms with E-state index in [1.165, 1.54) is 0 Å². The summed E-state index contributed by atoms with van der Waals surface area (Å²) >= 11 is 0. The van der Waals surface area contributed by atoms with Crippen LogP contribution in [0.3, 0.4) is 0 Å². The number of hydrogen-bond acceptors (Lipinski definition) is 2. The largest absolute Gasteiger partial charge is 0.507 e. The SMILES string of the molecule is C/C=C\c1cccc(O)c1-c1ccccn1. The van der Waals surface area contributed by atoms with E-state index in [9.17, 15) is 5.11 Å². The molecule has 2 rings (SSSR count). The maximum absolute atomic E-state index is 9.90. The van der Waals surface area contributed by atoms with Crippen LogP contribution in [0.15, 0.2) is 48.7 Å². The van der Waals surface area contributed by atoms with Crippen LogP contribution in [-0.2, 0) is 0 Å². The van der Waals surface area contributed by atoms with Gasteiger partial charge >= 0.3 is 0 Å². The van der Waals surface area contributed by atoms with Crippen LogP contribution < -0.4 is 0 Å². The molecule has 2 heteroatoms. The predicted octanol–water partition coefficient (Wildman–Crippen LogP) is 3.49. The van der Waals surface area contributed by atoms with Crippen molar-refractivity contribution in [2.24, 2.45) is 0 Å². The van der Waals surface area contributed by atoms with Gasteiger partial charge in [0.15, 0.2) is 0 Å². The quantitative estimate of drug-likeness (QED) is 0.824. The minimum atomic E-state index is 0.259. The Labute approximate surface area is 94.9 Å². The number of phenolic OH excluding ortho intramolecular Hbond substituents is 1. The molecule has 0 amide bonds. The van der Waals surface area contributed by atoms with E-state index >= 15 is 0 Å². The van der Waals surface area contributed by atoms with Crippen LogP contribution >= 0.6 is 0 Å². The first-order chi connectivity index (χ1) is 7.83. The molecule has 1 N–H and O–H groups in total. The van der Waals surface area contributed by atoms with Gasteiger partial charge in [0.2, 0.25) is 0 Å². The molecule has 1 heterocycles. The second kappa shape index (κ2) is 4.62. The lowest BCUT2D eigenvalue weighted by Crippen LogP contribution is -1.87. The molecule has 0 atom stereocenters. The molecular formula is C14H13NO. The second-order valence-corrected chi connectivity index (χ2v) is 3.46. The highest BCUT2D eigenvalue weighted by Gasteiger charge is 2.08. The number of hydrogen-bond donors (Lipinski definition) is 1. The molecule has 1 aromatic carbocycles. The van der Waals surface area contributed by atoms with E-state index in [1.54, 1.807) is 12.3 Å². The Morgan fingerprint density at radius 1 is 1.12 bits per heavy atom. The fourth-order valence-corrected chi connectivity index (χ4v) is 1.67. The van der Waals surface area contributed by atoms with Crippen LogP contribution in [0.2, 0.25) is 0 Å². The molecule has 0 fully saturated rings. The van der Waals surface area contributed by atoms with Crippen molar-refractivity contribution >= 4 is 6.08 Å². The van der Waals surface area contributed by atoms with Crippen molar-refractivity contribution in [1.82, 2.24) is 4.98 Å². The highest BCUT2D eigenvalue weighted by molar-refractivity contribution is 5.77. The number of benzene rings is 1. The summed E-state index contributed by atoms with van der Waals surface area (Å²) in [6.07, 6.45) is 5.63. The van der Waals surface area contributed by atoms with Gasteiger partial charge < -0.3 is 5.11 Å². The molecule has 0 saturated heterocycles. The van der Waals surface area contributed by atoms with E-state index < -0.39 is 0 Å². The van der Waals surface area contributed by atoms with E-state index in [4.69, 9.17) is 0 Å². The molecular weight excluding hydrogens is 198 g/mol. The highest BCUT2D eigenvalue weighted by atomic mass is 16.3. The first-order valence-electron chi connectivity index (χ1n) is 5.19. The standard InChI is InChI=1S/C14H13NO/c1-2-6-11-7-5-9-13(16)14(11)12-8-3-4-10-15-12/h2-10,16H,1H3/b6-2-. The van der Waals surface area contributed by atoms with Gasteiger partial charge in [-0.15, -0.1) is 0 Å². The smallest absolute Gasteiger partial charge is 0.125 e. The van der Waals surface area contributed by atoms with E-state index in [0.717, 1.165) is 16.8 Å². The predicted molar refractivity (Wildman–Crippen MR) is 66.0 cm³/mol. The molecule has 0 spiro atoms. The highest BCUT2D eigenvalue weighted by Crippen LogP contribution is 2.31. The summed E-state index contributed by atoms with van der Waals surface area (Å²) < 4.78 is 0. The van der Waals surface area contributed by atoms with Gasteiger partial charge in [0, 0.05) is 11.8 Å². The Kier molecular flexibility index (Phi) is 3.01. The molecule has 2 aromatic rings. The average molecular weight is 211 g/mol. The summed E-state index contributed by atoms with van der Waals surface area (Å²) in [5, 5.41) is 9.90. The first kappa shape index (κ1) is 10.4. The summed E-state index contributed by atoms with van der Waals surface area (Å²) in [5.74, 6) is 0.259. The van der Waals surface area contributed by atoms with Gasteiger partial charge in [-0.3, -0.25) is 4.98 Å². The molecule has 1 aromatic heterocycles. The van der Waals surface area contributed by atoms with E-state index in [2.05, 4.69) is 4.98 Å². The average Bonchev–Trinajstić information content (AvgIpc) is 2.31. The zero-order chi connectivity index (χ0) is 11.4. The number of aromatic nitrogens is 1. The number of allylic oxidation sites excluding steroid dienone is 1. The molecule has 0 aliphatic heterocycles. The Bertz CT molecular complexity index is 503. The topological polar surface area (TPSA) is 33.1 Å². The fourth-order valence-electron chi connectivity index (χ4n) is 1.67. The van der Waals surface area contributed by atoms with Gasteiger partial charge in [-0.05, 0) is 30.7 Å². The number of pyridine rings is 1. The van der Waals surface area contributed by atoms with Crippen molar-refractivity contribution in [2.45, 2.75) is 6.92 Å². The van der Waals surface area contributed by atoms with Crippen LogP contribution in [0.5, 0.6) is 5.75 Å². The molecule has 2 nitrogen and oxygen atoms in total. The van der Waals surface area contributed by atoms with Crippen molar-refractivity contribution in [3.8, 4) is 17.0 Å². The minimum absolute atomic E-state index is 0.259. The van der Waals surface area contributed by atoms with E-state index in [0.29, 0.717) is 0 Å². The number of nitrogens with zero attached hydrogens (tertiary/aromatic N) is 1. The summed E-state index contributed by atoms with van der Waals surface area (Å²) in [4.78, 5) is 4.26. The Morgan fingerprint density at radius 2 is 2.00 bits per heavy atom. The van der Waals surface area contributed by atoms with Gasteiger partial charge in [-0.25, -0.2) is 0 Å². The first-order valence-corrected chi connectivity index (χ1v) is 5.19. The third-order valence-corrected chi connectivity index (χ3v) is 2.34. The van der Waals surface area contributed by atoms with E-state index in [-0.39, 0.29) is 5.75 Å². The Balaban J connectivity index is 2.63. The molecule has 0 aliphatic carbocycles. The third kappa shape index (κ3) is 1.96. The van der Waals surface area contributed by atoms with Crippen molar-refractivity contribution in [1.29, 1.82) is 0 Å². The zero-order valence-corrected chi connectivity index (χ0v) is 9.09. The lowest BCUT2D eigenvalue weighted by Gasteiger charge is -2.07. The molecule has 0 bridgehead atoms. The van der Waals surface area contributed by atoms with Crippen LogP contribution in [-0.4, -0.2) is 10.1 Å². The summed E-state index contributed by atoms with van der Waals surface area (Å²) in [5.41, 5.74) is 2.54. The van der Waals surface area contributed by atoms with Gasteiger partial charge in [-0.2, -0.15) is 0 Å². The molecule has 0 saturated carbocycles. The van der Waals surface area contributed by atoms with Crippen LogP contribution in [0.25, 0.3) is 17.3 Å². The summed E-state index contributed by atoms with van der Waals surface area (Å²) in [6, 6.07) is 11.1. The van der Waals surface area contributed by atoms with Crippen molar-refractivity contribution < 1.29 is 5.11 Å². The monoisotopic (exact) mass is 211 g/mol. The Hall–Kier alpha value is -2.09. The lowest BCUT2D eigenvalue weighted by molar-refractivity contribution is 0.477. The van der Waals surface area contributed by atoms with E-state index in [1.807, 2.05) is 49.4 Å². The van der Waals surface area contributed by atoms with Gasteiger partial charge in [0.25, 0.3) is 0 Å². The number of phenols is 1. The van der Waals surface area contributed by atoms with Crippen molar-refractivity contribution in [3.05, 3.63) is 54.2 Å². The molecule has 80 valence electrons. The number of aromatic hydroxyl groups is 1. The minimum Gasteiger partial charge on any atom is -0.507 e. The van der Waals surface area contributed by atoms with Gasteiger partial charge in [0.05, 0.1) is 5.69 Å². The molecule has 0 unspecified atom stereocenters. The lowest BCUT2D eigenvalue weighted by atomic mass is 10.0. The maximum atomic E-state index is 9.90. The summed E-state index contributed by atoms with van der Waals surface area (Å²) in [6.45, 7) is 1.95. The van der Waals surface area contributed by atoms with Gasteiger partial charge in [0.1, 0.15) is 5.75 Å². The second-order valence-electron chi connectivity index (χ2n) is 3.46. The van der Waals surface area contributed by atoms with Crippen LogP contribution in [0, 0.1) is 0 Å². The summed E-state index contributed by atoms with van der Waals surface area (Å²) in [7, 11) is 0. The Morgan fingerprint density at radius 3 is 2.69 bits per heavy atom. The molecule has 0 radical (unpaired) electrons. The third-order valence-electron chi connectivity index (χ3n) is 2.34. The maximum Gasteiger partial charge on any atom is 0.125 e. The zero-order valence-electron chi connectivity index (χ0n) is 9.09. The normalized spacial score (nSPS) is 10.8. The number of rotatable bonds is 2. The molecule has 16 heavy (non-hydrogen) atoms. The van der Waals surface area contributed by atoms with Crippen LogP contribution in [0.1, 0.15) is 12.5 Å². The van der Waals surface area contributed by atoms with Crippen molar-refractivity contribution in [2.75, 3.05) is 0 Å².